The number of hydrogen-bond acceptors (Lipinski definition) is 4. The molecular formula is C22H30IN3O3. The minimum atomic E-state index is -0.0429. The monoisotopic (exact) mass is 511 g/mol. The summed E-state index contributed by atoms with van der Waals surface area (Å²) in [7, 11) is 3.42. The summed E-state index contributed by atoms with van der Waals surface area (Å²) in [6.07, 6.45) is 0.951. The van der Waals surface area contributed by atoms with E-state index < -0.39 is 0 Å². The predicted molar refractivity (Wildman–Crippen MR) is 127 cm³/mol. The highest BCUT2D eigenvalue weighted by molar-refractivity contribution is 14.0. The van der Waals surface area contributed by atoms with Crippen molar-refractivity contribution in [2.45, 2.75) is 25.4 Å². The van der Waals surface area contributed by atoms with Crippen LogP contribution in [-0.4, -0.2) is 45.9 Å². The Labute approximate surface area is 190 Å². The average Bonchev–Trinajstić information content (AvgIpc) is 2.74. The van der Waals surface area contributed by atoms with Gasteiger partial charge in [0.15, 0.2) is 17.5 Å². The molecule has 6 nitrogen and oxygen atoms in total. The molecule has 0 aromatic heterocycles. The topological polar surface area (TPSA) is 64.1 Å². The second kappa shape index (κ2) is 11.7. The molecule has 7 heteroatoms. The third kappa shape index (κ3) is 6.42. The van der Waals surface area contributed by atoms with Gasteiger partial charge >= 0.3 is 0 Å². The largest absolute Gasteiger partial charge is 0.493 e. The van der Waals surface area contributed by atoms with Crippen molar-refractivity contribution in [1.82, 2.24) is 10.6 Å². The Morgan fingerprint density at radius 1 is 1.14 bits per heavy atom. The number of fused-ring (bicyclic) bond motifs is 1. The molecule has 1 aliphatic rings. The van der Waals surface area contributed by atoms with Crippen LogP contribution in [0, 0.1) is 0 Å². The van der Waals surface area contributed by atoms with Crippen LogP contribution in [-0.2, 0) is 0 Å². The maximum Gasteiger partial charge on any atom is 0.191 e. The predicted octanol–water partition coefficient (Wildman–Crippen LogP) is 3.81. The van der Waals surface area contributed by atoms with Crippen LogP contribution in [0.5, 0.6) is 17.2 Å². The van der Waals surface area contributed by atoms with Crippen LogP contribution in [0.1, 0.15) is 24.8 Å². The molecule has 2 aromatic carbocycles. The van der Waals surface area contributed by atoms with E-state index in [1.165, 1.54) is 5.56 Å². The Balaban J connectivity index is 0.00000300. The quantitative estimate of drug-likeness (QED) is 0.337. The minimum Gasteiger partial charge on any atom is -0.493 e. The lowest BCUT2D eigenvalue weighted by molar-refractivity contribution is 0.213. The highest BCUT2D eigenvalue weighted by Crippen LogP contribution is 2.32. The Hall–Kier alpha value is -2.16. The first-order valence-electron chi connectivity index (χ1n) is 9.67. The van der Waals surface area contributed by atoms with Gasteiger partial charge in [0.05, 0.1) is 20.3 Å². The molecule has 29 heavy (non-hydrogen) atoms. The van der Waals surface area contributed by atoms with Crippen molar-refractivity contribution in [3.63, 3.8) is 0 Å². The second-order valence-corrected chi connectivity index (χ2v) is 6.79. The van der Waals surface area contributed by atoms with Crippen LogP contribution in [0.25, 0.3) is 0 Å². The summed E-state index contributed by atoms with van der Waals surface area (Å²) in [5.41, 5.74) is 1.25. The zero-order valence-corrected chi connectivity index (χ0v) is 19.5. The molecule has 158 valence electrons. The lowest BCUT2D eigenvalue weighted by Crippen LogP contribution is -2.43. The van der Waals surface area contributed by atoms with Gasteiger partial charge in [-0.25, -0.2) is 0 Å². The van der Waals surface area contributed by atoms with Crippen molar-refractivity contribution in [2.24, 2.45) is 4.99 Å². The number of halogens is 1. The number of para-hydroxylation sites is 3. The first-order chi connectivity index (χ1) is 13.7. The van der Waals surface area contributed by atoms with Gasteiger partial charge in [0.25, 0.3) is 0 Å². The summed E-state index contributed by atoms with van der Waals surface area (Å²) < 4.78 is 17.1. The molecule has 1 aliphatic heterocycles. The van der Waals surface area contributed by atoms with E-state index in [4.69, 9.17) is 14.2 Å². The van der Waals surface area contributed by atoms with Crippen molar-refractivity contribution in [3.05, 3.63) is 54.1 Å². The lowest BCUT2D eigenvalue weighted by Gasteiger charge is -2.27. The fourth-order valence-corrected chi connectivity index (χ4v) is 3.28. The van der Waals surface area contributed by atoms with E-state index in [0.717, 1.165) is 42.8 Å². The minimum absolute atomic E-state index is 0. The molecule has 0 radical (unpaired) electrons. The summed E-state index contributed by atoms with van der Waals surface area (Å²) in [6, 6.07) is 15.9. The van der Waals surface area contributed by atoms with Gasteiger partial charge < -0.3 is 24.8 Å². The Kier molecular flexibility index (Phi) is 9.37. The molecule has 0 aliphatic carbocycles. The first-order valence-corrected chi connectivity index (χ1v) is 9.67. The average molecular weight is 511 g/mol. The molecule has 0 saturated heterocycles. The number of nitrogens with one attached hydrogen (secondary N) is 2. The van der Waals surface area contributed by atoms with Crippen molar-refractivity contribution in [3.8, 4) is 17.2 Å². The number of benzene rings is 2. The number of ether oxygens (including phenoxy) is 3. The van der Waals surface area contributed by atoms with E-state index in [0.29, 0.717) is 12.5 Å². The molecule has 0 fully saturated rings. The summed E-state index contributed by atoms with van der Waals surface area (Å²) in [4.78, 5) is 4.32. The molecule has 0 bridgehead atoms. The van der Waals surface area contributed by atoms with Gasteiger partial charge in [0, 0.05) is 19.5 Å². The molecule has 1 heterocycles. The molecule has 3 rings (SSSR count). The smallest absolute Gasteiger partial charge is 0.191 e. The summed E-state index contributed by atoms with van der Waals surface area (Å²) in [5.74, 6) is 3.63. The summed E-state index contributed by atoms with van der Waals surface area (Å²) in [5, 5.41) is 6.76. The van der Waals surface area contributed by atoms with Crippen molar-refractivity contribution in [2.75, 3.05) is 33.9 Å². The fourth-order valence-electron chi connectivity index (χ4n) is 3.28. The lowest BCUT2D eigenvalue weighted by atomic mass is 9.93. The van der Waals surface area contributed by atoms with Gasteiger partial charge in [-0.3, -0.25) is 4.99 Å². The van der Waals surface area contributed by atoms with Crippen LogP contribution in [0.2, 0.25) is 0 Å². The highest BCUT2D eigenvalue weighted by atomic mass is 127. The Morgan fingerprint density at radius 2 is 1.86 bits per heavy atom. The Morgan fingerprint density at radius 3 is 2.62 bits per heavy atom. The van der Waals surface area contributed by atoms with Crippen molar-refractivity contribution < 1.29 is 14.2 Å². The third-order valence-corrected chi connectivity index (χ3v) is 4.78. The zero-order valence-electron chi connectivity index (χ0n) is 17.2. The molecule has 0 amide bonds. The molecular weight excluding hydrogens is 481 g/mol. The van der Waals surface area contributed by atoms with Crippen LogP contribution in [0.4, 0.5) is 0 Å². The van der Waals surface area contributed by atoms with Gasteiger partial charge in [-0.1, -0.05) is 30.3 Å². The van der Waals surface area contributed by atoms with Gasteiger partial charge in [0.2, 0.25) is 0 Å². The van der Waals surface area contributed by atoms with E-state index in [1.54, 1.807) is 14.2 Å². The zero-order chi connectivity index (χ0) is 19.8. The Bertz CT molecular complexity index is 800. The maximum atomic E-state index is 5.99. The van der Waals surface area contributed by atoms with Crippen LogP contribution >= 0.6 is 24.0 Å². The number of nitrogens with zero attached hydrogens (tertiary/aromatic N) is 1. The van der Waals surface area contributed by atoms with Crippen LogP contribution < -0.4 is 24.8 Å². The summed E-state index contributed by atoms with van der Waals surface area (Å²) >= 11 is 0. The first kappa shape index (κ1) is 23.1. The molecule has 2 aromatic rings. The van der Waals surface area contributed by atoms with E-state index >= 15 is 0 Å². The van der Waals surface area contributed by atoms with E-state index in [9.17, 15) is 0 Å². The molecule has 2 atom stereocenters. The molecule has 2 unspecified atom stereocenters. The van der Waals surface area contributed by atoms with Gasteiger partial charge in [0.1, 0.15) is 11.9 Å². The normalized spacial score (nSPS) is 16.5. The number of guanidine groups is 1. The van der Waals surface area contributed by atoms with Gasteiger partial charge in [-0.05, 0) is 37.1 Å². The molecule has 2 N–H and O–H groups in total. The molecule has 0 saturated carbocycles. The SMILES string of the molecule is CN=C(NCC(C)Oc1ccccc1OC)NCC1CCOc2ccccc21.I. The van der Waals surface area contributed by atoms with Gasteiger partial charge in [-0.15, -0.1) is 24.0 Å². The van der Waals surface area contributed by atoms with E-state index in [-0.39, 0.29) is 30.1 Å². The third-order valence-electron chi connectivity index (χ3n) is 4.78. The standard InChI is InChI=1S/C22H29N3O3.HI/c1-16(28-21-11-7-6-10-20(21)26-3)14-24-22(23-2)25-15-17-12-13-27-19-9-5-4-8-18(17)19;/h4-11,16-17H,12-15H2,1-3H3,(H2,23,24,25);1H. The van der Waals surface area contributed by atoms with Crippen molar-refractivity contribution in [1.29, 1.82) is 0 Å². The molecule has 0 spiro atoms. The summed E-state index contributed by atoms with van der Waals surface area (Å²) in [6.45, 7) is 4.20. The number of rotatable bonds is 7. The highest BCUT2D eigenvalue weighted by Gasteiger charge is 2.21. The van der Waals surface area contributed by atoms with E-state index in [1.807, 2.05) is 43.3 Å². The van der Waals surface area contributed by atoms with Gasteiger partial charge in [-0.2, -0.15) is 0 Å². The maximum absolute atomic E-state index is 5.99. The number of methoxy groups -OCH3 is 1. The fraction of sp³-hybridized carbons (Fsp3) is 0.409. The van der Waals surface area contributed by atoms with Crippen LogP contribution in [0.3, 0.4) is 0 Å². The van der Waals surface area contributed by atoms with Crippen molar-refractivity contribution >= 4 is 29.9 Å². The second-order valence-electron chi connectivity index (χ2n) is 6.79. The van der Waals surface area contributed by atoms with E-state index in [2.05, 4.69) is 27.8 Å². The number of aliphatic imine (C=N–C) groups is 1. The number of hydrogen-bond donors (Lipinski definition) is 2. The van der Waals surface area contributed by atoms with Crippen LogP contribution in [0.15, 0.2) is 53.5 Å².